The van der Waals surface area contributed by atoms with E-state index < -0.39 is 10.0 Å². The first-order valence-corrected chi connectivity index (χ1v) is 10.5. The molecule has 0 saturated heterocycles. The minimum Gasteiger partial charge on any atom is -0.200 e. The third-order valence-corrected chi connectivity index (χ3v) is 7.21. The van der Waals surface area contributed by atoms with Crippen molar-refractivity contribution in [1.82, 2.24) is 4.83 Å². The van der Waals surface area contributed by atoms with Crippen molar-refractivity contribution in [2.24, 2.45) is 22.9 Å². The van der Waals surface area contributed by atoms with Crippen LogP contribution in [-0.4, -0.2) is 14.1 Å². The van der Waals surface area contributed by atoms with E-state index in [4.69, 9.17) is 0 Å². The van der Waals surface area contributed by atoms with E-state index in [-0.39, 0.29) is 4.90 Å². The zero-order valence-corrected chi connectivity index (χ0v) is 15.6. The molecule has 0 spiro atoms. The molecule has 0 aromatic heterocycles. The topological polar surface area (TPSA) is 58.5 Å². The van der Waals surface area contributed by atoms with Gasteiger partial charge in [-0.1, -0.05) is 32.4 Å². The van der Waals surface area contributed by atoms with Gasteiger partial charge in [-0.25, -0.2) is 4.83 Å². The Hall–Kier alpha value is -1.36. The quantitative estimate of drug-likeness (QED) is 0.616. The number of hydrogen-bond donors (Lipinski definition) is 1. The van der Waals surface area contributed by atoms with Crippen LogP contribution in [0.1, 0.15) is 64.4 Å². The van der Waals surface area contributed by atoms with E-state index in [1.54, 1.807) is 12.1 Å². The molecule has 0 radical (unpaired) electrons. The summed E-state index contributed by atoms with van der Waals surface area (Å²) in [5.74, 6) is 2.43. The van der Waals surface area contributed by atoms with E-state index in [1.807, 2.05) is 19.1 Å². The molecular weight excluding hydrogens is 320 g/mol. The van der Waals surface area contributed by atoms with Crippen LogP contribution >= 0.6 is 0 Å². The van der Waals surface area contributed by atoms with Crippen molar-refractivity contribution in [3.05, 3.63) is 29.8 Å². The van der Waals surface area contributed by atoms with Crippen LogP contribution in [0.15, 0.2) is 34.3 Å². The van der Waals surface area contributed by atoms with Gasteiger partial charge in [0.1, 0.15) is 0 Å². The van der Waals surface area contributed by atoms with Crippen molar-refractivity contribution in [2.75, 3.05) is 0 Å². The predicted octanol–water partition coefficient (Wildman–Crippen LogP) is 4.29. The maximum atomic E-state index is 12.4. The average molecular weight is 349 g/mol. The van der Waals surface area contributed by atoms with Crippen LogP contribution < -0.4 is 4.83 Å². The van der Waals surface area contributed by atoms with Gasteiger partial charge in [0, 0.05) is 11.6 Å². The van der Waals surface area contributed by atoms with Crippen LogP contribution in [-0.2, 0) is 10.0 Å². The standard InChI is InChI=1S/C19H28N2O2S/c1-4-13(2)16-7-9-18(10-8-16)24(22,23)21-20-14(3)19-12-15-5-6-17(19)11-15/h7-10,13,15,17,19,21H,4-6,11-12H2,1-3H3/b20-14+/t13-,15+,17+,19+/m0/s1. The summed E-state index contributed by atoms with van der Waals surface area (Å²) in [6, 6.07) is 7.14. The molecule has 1 aromatic carbocycles. The summed E-state index contributed by atoms with van der Waals surface area (Å²) in [5, 5.41) is 4.23. The summed E-state index contributed by atoms with van der Waals surface area (Å²) in [6.45, 7) is 6.23. The minimum atomic E-state index is -3.58. The first-order chi connectivity index (χ1) is 11.4. The van der Waals surface area contributed by atoms with Crippen molar-refractivity contribution >= 4 is 15.7 Å². The van der Waals surface area contributed by atoms with Crippen LogP contribution in [0.5, 0.6) is 0 Å². The van der Waals surface area contributed by atoms with E-state index in [2.05, 4.69) is 23.8 Å². The van der Waals surface area contributed by atoms with Crippen molar-refractivity contribution < 1.29 is 8.42 Å². The van der Waals surface area contributed by atoms with E-state index in [0.29, 0.717) is 17.8 Å². The third kappa shape index (κ3) is 3.51. The lowest BCUT2D eigenvalue weighted by molar-refractivity contribution is 0.413. The van der Waals surface area contributed by atoms with Crippen molar-refractivity contribution in [2.45, 2.75) is 63.7 Å². The molecule has 0 aliphatic heterocycles. The maximum absolute atomic E-state index is 12.4. The summed E-state index contributed by atoms with van der Waals surface area (Å²) >= 11 is 0. The lowest BCUT2D eigenvalue weighted by Gasteiger charge is -2.21. The zero-order chi connectivity index (χ0) is 17.3. The van der Waals surface area contributed by atoms with Crippen molar-refractivity contribution in [3.63, 3.8) is 0 Å². The molecule has 5 heteroatoms. The Morgan fingerprint density at radius 2 is 1.96 bits per heavy atom. The van der Waals surface area contributed by atoms with Gasteiger partial charge in [0.05, 0.1) is 4.90 Å². The minimum absolute atomic E-state index is 0.277. The van der Waals surface area contributed by atoms with Gasteiger partial charge in [-0.3, -0.25) is 0 Å². The molecule has 132 valence electrons. The molecule has 4 nitrogen and oxygen atoms in total. The van der Waals surface area contributed by atoms with Gasteiger partial charge in [-0.15, -0.1) is 0 Å². The molecule has 0 heterocycles. The van der Waals surface area contributed by atoms with Gasteiger partial charge in [-0.05, 0) is 68.1 Å². The molecule has 2 fully saturated rings. The number of sulfonamides is 1. The smallest absolute Gasteiger partial charge is 0.200 e. The van der Waals surface area contributed by atoms with E-state index in [1.165, 1.54) is 25.7 Å². The van der Waals surface area contributed by atoms with Crippen LogP contribution in [0.3, 0.4) is 0 Å². The Balaban J connectivity index is 1.68. The monoisotopic (exact) mass is 348 g/mol. The highest BCUT2D eigenvalue weighted by atomic mass is 32.2. The second kappa shape index (κ2) is 6.87. The van der Waals surface area contributed by atoms with Crippen LogP contribution in [0, 0.1) is 17.8 Å². The largest absolute Gasteiger partial charge is 0.276 e. The molecular formula is C19H28N2O2S. The van der Waals surface area contributed by atoms with Crippen LogP contribution in [0.25, 0.3) is 0 Å². The Bertz CT molecular complexity index is 709. The molecule has 0 amide bonds. The Morgan fingerprint density at radius 3 is 2.50 bits per heavy atom. The van der Waals surface area contributed by atoms with Crippen molar-refractivity contribution in [1.29, 1.82) is 0 Å². The fraction of sp³-hybridized carbons (Fsp3) is 0.632. The van der Waals surface area contributed by atoms with Crippen LogP contribution in [0.2, 0.25) is 0 Å². The van der Waals surface area contributed by atoms with Crippen molar-refractivity contribution in [3.8, 4) is 0 Å². The van der Waals surface area contributed by atoms with Gasteiger partial charge in [0.25, 0.3) is 10.0 Å². The molecule has 2 aliphatic carbocycles. The molecule has 2 aliphatic rings. The fourth-order valence-corrected chi connectivity index (χ4v) is 5.10. The highest BCUT2D eigenvalue weighted by molar-refractivity contribution is 7.89. The SMILES string of the molecule is CC[C@H](C)c1ccc(S(=O)(=O)N/N=C(\C)[C@H]2C[C@@H]3CC[C@@H]2C3)cc1. The number of fused-ring (bicyclic) bond motifs is 2. The summed E-state index contributed by atoms with van der Waals surface area (Å²) in [7, 11) is -3.58. The molecule has 4 atom stereocenters. The first kappa shape index (κ1) is 17.5. The van der Waals surface area contributed by atoms with E-state index >= 15 is 0 Å². The van der Waals surface area contributed by atoms with E-state index in [9.17, 15) is 8.42 Å². The number of benzene rings is 1. The highest BCUT2D eigenvalue weighted by Gasteiger charge is 2.40. The molecule has 3 rings (SSSR count). The van der Waals surface area contributed by atoms with E-state index in [0.717, 1.165) is 23.6 Å². The summed E-state index contributed by atoms with van der Waals surface area (Å²) in [6.07, 6.45) is 6.11. The summed E-state index contributed by atoms with van der Waals surface area (Å²) < 4.78 is 24.9. The molecule has 1 N–H and O–H groups in total. The number of hydrazone groups is 1. The Labute approximate surface area is 145 Å². The lowest BCUT2D eigenvalue weighted by Crippen LogP contribution is -2.24. The normalized spacial score (nSPS) is 28.1. The molecule has 1 aromatic rings. The van der Waals surface area contributed by atoms with Gasteiger partial charge >= 0.3 is 0 Å². The van der Waals surface area contributed by atoms with Gasteiger partial charge in [0.2, 0.25) is 0 Å². The maximum Gasteiger partial charge on any atom is 0.276 e. The fourth-order valence-electron chi connectivity index (χ4n) is 4.24. The van der Waals surface area contributed by atoms with Gasteiger partial charge in [0.15, 0.2) is 0 Å². The third-order valence-electron chi connectivity index (χ3n) is 5.99. The Kier molecular flexibility index (Phi) is 5.00. The second-order valence-corrected chi connectivity index (χ2v) is 9.17. The number of rotatable bonds is 6. The Morgan fingerprint density at radius 1 is 1.25 bits per heavy atom. The molecule has 2 saturated carbocycles. The van der Waals surface area contributed by atoms with Gasteiger partial charge in [-0.2, -0.15) is 13.5 Å². The van der Waals surface area contributed by atoms with Gasteiger partial charge < -0.3 is 0 Å². The number of nitrogens with zero attached hydrogens (tertiary/aromatic N) is 1. The molecule has 24 heavy (non-hydrogen) atoms. The van der Waals surface area contributed by atoms with Crippen LogP contribution in [0.4, 0.5) is 0 Å². The highest BCUT2D eigenvalue weighted by Crippen LogP contribution is 2.48. The molecule has 0 unspecified atom stereocenters. The molecule has 2 bridgehead atoms. The second-order valence-electron chi connectivity index (χ2n) is 7.51. The number of hydrogen-bond acceptors (Lipinski definition) is 3. The average Bonchev–Trinajstić information content (AvgIpc) is 3.22. The predicted molar refractivity (Wildman–Crippen MR) is 97.5 cm³/mol. The summed E-state index contributed by atoms with van der Waals surface area (Å²) in [4.78, 5) is 2.71. The summed E-state index contributed by atoms with van der Waals surface area (Å²) in [5.41, 5.74) is 2.10. The lowest BCUT2D eigenvalue weighted by atomic mass is 9.86. The number of nitrogens with one attached hydrogen (secondary N) is 1. The zero-order valence-electron chi connectivity index (χ0n) is 14.8. The first-order valence-electron chi connectivity index (χ1n) is 9.06.